The lowest BCUT2D eigenvalue weighted by Gasteiger charge is -2.10. The first-order valence-corrected chi connectivity index (χ1v) is 13.0. The molecule has 4 rings (SSSR count). The number of nitrogens with one attached hydrogen (secondary N) is 2. The van der Waals surface area contributed by atoms with Crippen molar-refractivity contribution in [3.8, 4) is 22.6 Å². The first-order chi connectivity index (χ1) is 18.8. The van der Waals surface area contributed by atoms with E-state index in [2.05, 4.69) is 77.5 Å². The van der Waals surface area contributed by atoms with Gasteiger partial charge in [0.25, 0.3) is 0 Å². The lowest BCUT2D eigenvalue weighted by Crippen LogP contribution is -2.21. The molecule has 6 nitrogen and oxygen atoms in total. The van der Waals surface area contributed by atoms with E-state index in [1.54, 1.807) is 30.6 Å². The van der Waals surface area contributed by atoms with Gasteiger partial charge in [-0.1, -0.05) is 55.7 Å². The standard InChI is InChI=1S/C32H35FN6/c1-7-23(12-11-17-39(5)6)18-24(8-2)21(3)15-16-28-22(4)30(38-37-28)32-35-29-20-34-19-26(31(29)36-32)25-13-9-10-14-27(25)33/h7-10,13-16,18-20,37H,1,4,11-12,17H2,2-3,5-6H3,(H,35,36)/b21-15+,23-18+,24-8+,28-16+. The third-order valence-electron chi connectivity index (χ3n) is 6.62. The van der Waals surface area contributed by atoms with Gasteiger partial charge in [0.15, 0.2) is 5.82 Å². The maximum absolute atomic E-state index is 14.5. The van der Waals surface area contributed by atoms with E-state index in [0.717, 1.165) is 35.9 Å². The minimum Gasteiger partial charge on any atom is -0.335 e. The first kappa shape index (κ1) is 27.7. The molecular formula is C32H35FN6. The van der Waals surface area contributed by atoms with Crippen LogP contribution in [0.3, 0.4) is 0 Å². The van der Waals surface area contributed by atoms with Crippen molar-refractivity contribution >= 4 is 23.7 Å². The average molecular weight is 523 g/mol. The van der Waals surface area contributed by atoms with E-state index in [4.69, 9.17) is 4.98 Å². The molecule has 4 aromatic rings. The van der Waals surface area contributed by atoms with Crippen molar-refractivity contribution in [1.29, 1.82) is 0 Å². The van der Waals surface area contributed by atoms with Gasteiger partial charge in [-0.3, -0.25) is 10.1 Å². The van der Waals surface area contributed by atoms with Gasteiger partial charge in [-0.2, -0.15) is 5.10 Å². The number of nitrogens with zero attached hydrogens (tertiary/aromatic N) is 4. The van der Waals surface area contributed by atoms with Crippen LogP contribution in [0.5, 0.6) is 0 Å². The molecule has 0 radical (unpaired) electrons. The largest absolute Gasteiger partial charge is 0.335 e. The molecule has 2 N–H and O–H groups in total. The van der Waals surface area contributed by atoms with E-state index < -0.39 is 0 Å². The third kappa shape index (κ3) is 6.38. The molecular weight excluding hydrogens is 487 g/mol. The minimum atomic E-state index is -0.322. The molecule has 0 saturated heterocycles. The summed E-state index contributed by atoms with van der Waals surface area (Å²) < 4.78 is 14.5. The molecule has 0 aliphatic heterocycles. The fourth-order valence-corrected chi connectivity index (χ4v) is 4.40. The number of rotatable bonds is 10. The normalized spacial score (nSPS) is 13.6. The van der Waals surface area contributed by atoms with Gasteiger partial charge in [0, 0.05) is 22.5 Å². The Kier molecular flexibility index (Phi) is 8.84. The van der Waals surface area contributed by atoms with Gasteiger partial charge in [-0.15, -0.1) is 0 Å². The quantitative estimate of drug-likeness (QED) is 0.262. The zero-order valence-electron chi connectivity index (χ0n) is 23.1. The Morgan fingerprint density at radius 3 is 2.67 bits per heavy atom. The molecule has 3 aromatic heterocycles. The molecule has 7 heteroatoms. The van der Waals surface area contributed by atoms with Crippen molar-refractivity contribution in [1.82, 2.24) is 30.0 Å². The topological polar surface area (TPSA) is 73.5 Å². The summed E-state index contributed by atoms with van der Waals surface area (Å²) in [5.74, 6) is 0.222. The van der Waals surface area contributed by atoms with Crippen LogP contribution in [-0.2, 0) is 0 Å². The Labute approximate surface area is 228 Å². The van der Waals surface area contributed by atoms with Gasteiger partial charge < -0.3 is 9.88 Å². The van der Waals surface area contributed by atoms with Gasteiger partial charge in [0.05, 0.1) is 17.1 Å². The molecule has 0 fully saturated rings. The third-order valence-corrected chi connectivity index (χ3v) is 6.62. The number of aromatic amines is 2. The van der Waals surface area contributed by atoms with Gasteiger partial charge >= 0.3 is 0 Å². The molecule has 0 unspecified atom stereocenters. The van der Waals surface area contributed by atoms with Gasteiger partial charge in [0.2, 0.25) is 0 Å². The number of benzene rings is 1. The number of halogens is 1. The Morgan fingerprint density at radius 2 is 1.95 bits per heavy atom. The molecule has 0 spiro atoms. The number of fused-ring (bicyclic) bond motifs is 1. The Morgan fingerprint density at radius 1 is 1.15 bits per heavy atom. The molecule has 200 valence electrons. The highest BCUT2D eigenvalue weighted by Crippen LogP contribution is 2.29. The van der Waals surface area contributed by atoms with Crippen LogP contribution in [0.4, 0.5) is 4.39 Å². The Balaban J connectivity index is 1.63. The van der Waals surface area contributed by atoms with Crippen molar-refractivity contribution in [3.63, 3.8) is 0 Å². The summed E-state index contributed by atoms with van der Waals surface area (Å²) in [6.07, 6.45) is 15.6. The van der Waals surface area contributed by atoms with E-state index in [1.165, 1.54) is 11.6 Å². The first-order valence-electron chi connectivity index (χ1n) is 13.0. The van der Waals surface area contributed by atoms with Crippen LogP contribution in [0.1, 0.15) is 26.7 Å². The summed E-state index contributed by atoms with van der Waals surface area (Å²) in [6.45, 7) is 13.4. The van der Waals surface area contributed by atoms with Crippen LogP contribution in [0, 0.1) is 5.82 Å². The van der Waals surface area contributed by atoms with Crippen molar-refractivity contribution < 1.29 is 4.39 Å². The summed E-state index contributed by atoms with van der Waals surface area (Å²) in [4.78, 5) is 14.5. The average Bonchev–Trinajstić information content (AvgIpc) is 3.52. The molecule has 1 aromatic carbocycles. The van der Waals surface area contributed by atoms with Crippen molar-refractivity contribution in [2.24, 2.45) is 0 Å². The Bertz CT molecular complexity index is 1680. The van der Waals surface area contributed by atoms with Crippen molar-refractivity contribution in [2.45, 2.75) is 26.7 Å². The zero-order valence-corrected chi connectivity index (χ0v) is 23.1. The van der Waals surface area contributed by atoms with E-state index in [9.17, 15) is 4.39 Å². The Hall–Kier alpha value is -4.36. The predicted octanol–water partition coefficient (Wildman–Crippen LogP) is 5.69. The summed E-state index contributed by atoms with van der Waals surface area (Å²) >= 11 is 0. The number of H-pyrrole nitrogens is 2. The molecule has 0 amide bonds. The highest BCUT2D eigenvalue weighted by Gasteiger charge is 2.15. The molecule has 0 saturated carbocycles. The van der Waals surface area contributed by atoms with Gasteiger partial charge in [-0.05, 0) is 76.2 Å². The summed E-state index contributed by atoms with van der Waals surface area (Å²) in [7, 11) is 4.17. The molecule has 0 aliphatic rings. The smallest absolute Gasteiger partial charge is 0.159 e. The number of aromatic nitrogens is 5. The van der Waals surface area contributed by atoms with E-state index in [1.807, 2.05) is 19.1 Å². The second-order valence-electron chi connectivity index (χ2n) is 9.70. The fraction of sp³-hybridized carbons (Fsp3) is 0.219. The number of hydrogen-bond donors (Lipinski definition) is 2. The molecule has 3 heterocycles. The van der Waals surface area contributed by atoms with Crippen LogP contribution in [0.15, 0.2) is 84.3 Å². The van der Waals surface area contributed by atoms with Crippen molar-refractivity contribution in [2.75, 3.05) is 20.6 Å². The van der Waals surface area contributed by atoms with E-state index in [-0.39, 0.29) is 5.82 Å². The zero-order chi connectivity index (χ0) is 27.9. The highest BCUT2D eigenvalue weighted by molar-refractivity contribution is 5.92. The maximum Gasteiger partial charge on any atom is 0.159 e. The van der Waals surface area contributed by atoms with Crippen molar-refractivity contribution in [3.05, 3.63) is 101 Å². The monoisotopic (exact) mass is 522 g/mol. The second kappa shape index (κ2) is 12.5. The molecule has 39 heavy (non-hydrogen) atoms. The number of hydrogen-bond acceptors (Lipinski definition) is 4. The SMILES string of the molecule is C=C\C(=C/C(=C\C)C(/C)=C/C=c1/[nH]nc(-c2nc3c(-c4ccccc4F)cncc3[nH]2)c1=C)CCCN(C)C. The summed E-state index contributed by atoms with van der Waals surface area (Å²) in [6, 6.07) is 6.61. The highest BCUT2D eigenvalue weighted by atomic mass is 19.1. The lowest BCUT2D eigenvalue weighted by atomic mass is 10.0. The summed E-state index contributed by atoms with van der Waals surface area (Å²) in [5.41, 5.74) is 6.46. The number of allylic oxidation sites excluding steroid dienone is 7. The van der Waals surface area contributed by atoms with Crippen LogP contribution < -0.4 is 10.6 Å². The lowest BCUT2D eigenvalue weighted by molar-refractivity contribution is 0.400. The summed E-state index contributed by atoms with van der Waals surface area (Å²) in [5, 5.41) is 9.04. The van der Waals surface area contributed by atoms with Gasteiger partial charge in [0.1, 0.15) is 17.0 Å². The van der Waals surface area contributed by atoms with E-state index >= 15 is 0 Å². The van der Waals surface area contributed by atoms with Crippen LogP contribution >= 0.6 is 0 Å². The fourth-order valence-electron chi connectivity index (χ4n) is 4.40. The maximum atomic E-state index is 14.5. The predicted molar refractivity (Wildman–Crippen MR) is 160 cm³/mol. The molecule has 0 atom stereocenters. The molecule has 0 aliphatic carbocycles. The second-order valence-corrected chi connectivity index (χ2v) is 9.70. The minimum absolute atomic E-state index is 0.322. The molecule has 0 bridgehead atoms. The van der Waals surface area contributed by atoms with Crippen LogP contribution in [0.2, 0.25) is 0 Å². The van der Waals surface area contributed by atoms with Gasteiger partial charge in [-0.25, -0.2) is 9.37 Å². The number of imidazole rings is 1. The van der Waals surface area contributed by atoms with E-state index in [0.29, 0.717) is 38.9 Å². The van der Waals surface area contributed by atoms with Crippen LogP contribution in [0.25, 0.3) is 46.3 Å². The number of pyridine rings is 1. The van der Waals surface area contributed by atoms with Crippen LogP contribution in [-0.4, -0.2) is 50.7 Å².